The molecule has 1 saturated heterocycles. The van der Waals surface area contributed by atoms with Gasteiger partial charge >= 0.3 is 12.2 Å². The predicted molar refractivity (Wildman–Crippen MR) is 91.7 cm³/mol. The quantitative estimate of drug-likeness (QED) is 0.858. The van der Waals surface area contributed by atoms with Crippen LogP contribution in [-0.4, -0.2) is 46.9 Å². The number of urea groups is 1. The molecule has 2 N–H and O–H groups in total. The van der Waals surface area contributed by atoms with Crippen LogP contribution in [0.25, 0.3) is 11.3 Å². The normalized spacial score (nSPS) is 15.6. The van der Waals surface area contributed by atoms with E-state index in [1.165, 1.54) is 11.7 Å². The molecule has 2 heterocycles. The maximum Gasteiger partial charge on any atom is 0.435 e. The van der Waals surface area contributed by atoms with Crippen LogP contribution in [0.2, 0.25) is 0 Å². The Bertz CT molecular complexity index is 762. The smallest absolute Gasteiger partial charge is 0.323 e. The first-order chi connectivity index (χ1) is 12.3. The third-order valence-electron chi connectivity index (χ3n) is 4.23. The molecule has 2 amide bonds. The summed E-state index contributed by atoms with van der Waals surface area (Å²) in [6.45, 7) is 2.97. The van der Waals surface area contributed by atoms with Crippen LogP contribution in [-0.2, 0) is 13.2 Å². The van der Waals surface area contributed by atoms with Crippen molar-refractivity contribution in [1.82, 2.24) is 20.0 Å². The Kier molecular flexibility index (Phi) is 5.17. The minimum Gasteiger partial charge on any atom is -0.323 e. The molecule has 0 radical (unpaired) electrons. The molecule has 0 unspecified atom stereocenters. The van der Waals surface area contributed by atoms with Crippen molar-refractivity contribution in [3.8, 4) is 11.3 Å². The summed E-state index contributed by atoms with van der Waals surface area (Å²) in [5, 5.41) is 9.56. The fourth-order valence-corrected chi connectivity index (χ4v) is 2.85. The molecule has 2 aromatic rings. The summed E-state index contributed by atoms with van der Waals surface area (Å²) in [7, 11) is 1.47. The number of aryl methyl sites for hydroxylation is 1. The highest BCUT2D eigenvalue weighted by molar-refractivity contribution is 5.89. The maximum absolute atomic E-state index is 12.8. The molecule has 1 aliphatic heterocycles. The third-order valence-corrected chi connectivity index (χ3v) is 4.23. The Balaban J connectivity index is 1.70. The average molecular weight is 367 g/mol. The summed E-state index contributed by atoms with van der Waals surface area (Å²) in [5.41, 5.74) is 0.609. The number of benzene rings is 1. The summed E-state index contributed by atoms with van der Waals surface area (Å²) in [6, 6.07) is 7.50. The highest BCUT2D eigenvalue weighted by atomic mass is 19.4. The molecular formula is C17H20F3N5O. The van der Waals surface area contributed by atoms with E-state index in [1.54, 1.807) is 29.2 Å². The zero-order chi connectivity index (χ0) is 18.7. The highest BCUT2D eigenvalue weighted by Gasteiger charge is 2.34. The Morgan fingerprint density at radius 3 is 2.58 bits per heavy atom. The Morgan fingerprint density at radius 1 is 1.19 bits per heavy atom. The van der Waals surface area contributed by atoms with Crippen LogP contribution in [0.4, 0.5) is 23.7 Å². The summed E-state index contributed by atoms with van der Waals surface area (Å²) in [6.07, 6.45) is -3.58. The lowest BCUT2D eigenvalue weighted by Crippen LogP contribution is -2.37. The van der Waals surface area contributed by atoms with Gasteiger partial charge in [-0.3, -0.25) is 4.68 Å². The average Bonchev–Trinajstić information content (AvgIpc) is 2.82. The van der Waals surface area contributed by atoms with Crippen LogP contribution in [0.15, 0.2) is 30.3 Å². The van der Waals surface area contributed by atoms with Gasteiger partial charge in [-0.1, -0.05) is 12.1 Å². The number of anilines is 1. The van der Waals surface area contributed by atoms with Crippen molar-refractivity contribution in [2.75, 3.05) is 31.5 Å². The van der Waals surface area contributed by atoms with Gasteiger partial charge in [-0.15, -0.1) is 0 Å². The SMILES string of the molecule is Cn1nc(C(F)(F)F)cc1-c1ccc(NC(=O)N2CCCNCC2)cc1. The maximum atomic E-state index is 12.8. The van der Waals surface area contributed by atoms with Gasteiger partial charge in [0.25, 0.3) is 0 Å². The van der Waals surface area contributed by atoms with E-state index in [1.807, 2.05) is 0 Å². The van der Waals surface area contributed by atoms with Crippen molar-refractivity contribution < 1.29 is 18.0 Å². The number of carbonyl (C=O) groups is 1. The molecule has 1 aromatic carbocycles. The van der Waals surface area contributed by atoms with E-state index in [9.17, 15) is 18.0 Å². The number of alkyl halides is 3. The van der Waals surface area contributed by atoms with E-state index < -0.39 is 11.9 Å². The molecule has 0 atom stereocenters. The highest BCUT2D eigenvalue weighted by Crippen LogP contribution is 2.31. The summed E-state index contributed by atoms with van der Waals surface area (Å²) in [4.78, 5) is 14.0. The fraction of sp³-hybridized carbons (Fsp3) is 0.412. The number of carbonyl (C=O) groups excluding carboxylic acids is 1. The Hall–Kier alpha value is -2.55. The first-order valence-electron chi connectivity index (χ1n) is 8.33. The molecule has 140 valence electrons. The molecule has 6 nitrogen and oxygen atoms in total. The first-order valence-corrected chi connectivity index (χ1v) is 8.33. The Labute approximate surface area is 149 Å². The van der Waals surface area contributed by atoms with Crippen LogP contribution in [0.1, 0.15) is 12.1 Å². The number of nitrogens with zero attached hydrogens (tertiary/aromatic N) is 3. The van der Waals surface area contributed by atoms with Gasteiger partial charge in [-0.25, -0.2) is 4.79 Å². The minimum atomic E-state index is -4.48. The molecule has 0 saturated carbocycles. The molecule has 3 rings (SSSR count). The molecule has 1 aliphatic rings. The lowest BCUT2D eigenvalue weighted by atomic mass is 10.1. The molecule has 1 aromatic heterocycles. The first kappa shape index (κ1) is 18.2. The monoisotopic (exact) mass is 367 g/mol. The number of amides is 2. The summed E-state index contributed by atoms with van der Waals surface area (Å²) < 4.78 is 39.5. The molecule has 0 spiro atoms. The fourth-order valence-electron chi connectivity index (χ4n) is 2.85. The Morgan fingerprint density at radius 2 is 1.92 bits per heavy atom. The van der Waals surface area contributed by atoms with Gasteiger partial charge in [0.1, 0.15) is 0 Å². The second-order valence-electron chi connectivity index (χ2n) is 6.13. The molecular weight excluding hydrogens is 347 g/mol. The molecule has 0 aliphatic carbocycles. The van der Waals surface area contributed by atoms with Gasteiger partial charge in [0.2, 0.25) is 0 Å². The molecule has 9 heteroatoms. The zero-order valence-electron chi connectivity index (χ0n) is 14.3. The number of halogens is 3. The van der Waals surface area contributed by atoms with Crippen molar-refractivity contribution in [1.29, 1.82) is 0 Å². The van der Waals surface area contributed by atoms with E-state index in [4.69, 9.17) is 0 Å². The van der Waals surface area contributed by atoms with Crippen molar-refractivity contribution in [2.24, 2.45) is 7.05 Å². The largest absolute Gasteiger partial charge is 0.435 e. The van der Waals surface area contributed by atoms with Crippen LogP contribution >= 0.6 is 0 Å². The second kappa shape index (κ2) is 7.36. The van der Waals surface area contributed by atoms with Crippen LogP contribution in [0.5, 0.6) is 0 Å². The van der Waals surface area contributed by atoms with Gasteiger partial charge in [0, 0.05) is 32.4 Å². The van der Waals surface area contributed by atoms with E-state index in [2.05, 4.69) is 15.7 Å². The van der Waals surface area contributed by atoms with Crippen LogP contribution in [0.3, 0.4) is 0 Å². The topological polar surface area (TPSA) is 62.2 Å². The van der Waals surface area contributed by atoms with Crippen LogP contribution < -0.4 is 10.6 Å². The van der Waals surface area contributed by atoms with Crippen molar-refractivity contribution in [2.45, 2.75) is 12.6 Å². The van der Waals surface area contributed by atoms with Gasteiger partial charge in [0.05, 0.1) is 5.69 Å². The number of hydrogen-bond acceptors (Lipinski definition) is 3. The number of rotatable bonds is 2. The predicted octanol–water partition coefficient (Wildman–Crippen LogP) is 2.93. The molecule has 26 heavy (non-hydrogen) atoms. The van der Waals surface area contributed by atoms with Crippen molar-refractivity contribution in [3.05, 3.63) is 36.0 Å². The lowest BCUT2D eigenvalue weighted by molar-refractivity contribution is -0.141. The molecule has 0 bridgehead atoms. The number of aromatic nitrogens is 2. The van der Waals surface area contributed by atoms with E-state index in [0.717, 1.165) is 25.6 Å². The van der Waals surface area contributed by atoms with Crippen LogP contribution in [0, 0.1) is 0 Å². The molecule has 1 fully saturated rings. The summed E-state index contributed by atoms with van der Waals surface area (Å²) in [5.74, 6) is 0. The van der Waals surface area contributed by atoms with Crippen molar-refractivity contribution >= 4 is 11.7 Å². The van der Waals surface area contributed by atoms with Gasteiger partial charge in [-0.05, 0) is 36.7 Å². The van der Waals surface area contributed by atoms with Crippen molar-refractivity contribution in [3.63, 3.8) is 0 Å². The van der Waals surface area contributed by atoms with Gasteiger partial charge in [-0.2, -0.15) is 18.3 Å². The van der Waals surface area contributed by atoms with E-state index >= 15 is 0 Å². The van der Waals surface area contributed by atoms with E-state index in [0.29, 0.717) is 30.0 Å². The van der Waals surface area contributed by atoms with Gasteiger partial charge in [0.15, 0.2) is 5.69 Å². The lowest BCUT2D eigenvalue weighted by Gasteiger charge is -2.20. The summed E-state index contributed by atoms with van der Waals surface area (Å²) >= 11 is 0. The zero-order valence-corrected chi connectivity index (χ0v) is 14.3. The van der Waals surface area contributed by atoms with E-state index in [-0.39, 0.29) is 6.03 Å². The number of hydrogen-bond donors (Lipinski definition) is 2. The second-order valence-corrected chi connectivity index (χ2v) is 6.13. The number of nitrogens with one attached hydrogen (secondary N) is 2. The minimum absolute atomic E-state index is 0.179. The van der Waals surface area contributed by atoms with Gasteiger partial charge < -0.3 is 15.5 Å². The standard InChI is InChI=1S/C17H20F3N5O/c1-24-14(11-15(23-24)17(18,19)20)12-3-5-13(6-4-12)22-16(26)25-9-2-7-21-8-10-25/h3-6,11,21H,2,7-10H2,1H3,(H,22,26). The third kappa shape index (κ3) is 4.16.